The molecule has 2 rings (SSSR count). The number of ketones is 1. The van der Waals surface area contributed by atoms with E-state index in [0.717, 1.165) is 66.3 Å². The van der Waals surface area contributed by atoms with Crippen LogP contribution in [-0.4, -0.2) is 11.8 Å². The molecule has 0 N–H and O–H groups in total. The van der Waals surface area contributed by atoms with Gasteiger partial charge in [0.15, 0.2) is 6.10 Å². The van der Waals surface area contributed by atoms with Crippen molar-refractivity contribution in [3.8, 4) is 0 Å². The molecule has 0 spiro atoms. The van der Waals surface area contributed by atoms with Crippen molar-refractivity contribution in [3.05, 3.63) is 69.3 Å². The van der Waals surface area contributed by atoms with Gasteiger partial charge in [0, 0.05) is 18.1 Å². The number of carbonyl (C=O) groups is 2. The number of aryl methyl sites for hydroxylation is 3. The van der Waals surface area contributed by atoms with Gasteiger partial charge in [0.05, 0.1) is 0 Å². The lowest BCUT2D eigenvalue weighted by molar-refractivity contribution is -0.144. The molecule has 0 fully saturated rings. The number of rotatable bonds is 12. The molecule has 0 bridgehead atoms. The number of hydrogen-bond donors (Lipinski definition) is 0. The van der Waals surface area contributed by atoms with Crippen LogP contribution in [0.4, 0.5) is 0 Å². The standard InChI is InChI=1S/C31H44O3/c1-9-12-23-15-24(13-10-2)29(25(16-23)14-11-3)31(34-22(8)32)30(33)28-18-26(20(4)5)17-27(19-28)21(6)7/h15-21,31H,9-14H2,1-8H3. The van der Waals surface area contributed by atoms with Gasteiger partial charge in [0.25, 0.3) is 0 Å². The highest BCUT2D eigenvalue weighted by Gasteiger charge is 2.30. The molecule has 0 amide bonds. The summed E-state index contributed by atoms with van der Waals surface area (Å²) in [5.74, 6) is 0.0524. The smallest absolute Gasteiger partial charge is 0.303 e. The Bertz CT molecular complexity index is 931. The number of carbonyl (C=O) groups excluding carboxylic acids is 2. The Hall–Kier alpha value is -2.42. The van der Waals surface area contributed by atoms with Crippen molar-refractivity contribution in [2.45, 2.75) is 112 Å². The second kappa shape index (κ2) is 12.9. The monoisotopic (exact) mass is 464 g/mol. The highest BCUT2D eigenvalue weighted by atomic mass is 16.5. The van der Waals surface area contributed by atoms with Crippen LogP contribution in [0.5, 0.6) is 0 Å². The van der Waals surface area contributed by atoms with Crippen LogP contribution in [0.3, 0.4) is 0 Å². The molecule has 1 unspecified atom stereocenters. The van der Waals surface area contributed by atoms with Gasteiger partial charge in [-0.25, -0.2) is 0 Å². The van der Waals surface area contributed by atoms with Crippen LogP contribution in [0.1, 0.15) is 136 Å². The maximum Gasteiger partial charge on any atom is 0.303 e. The van der Waals surface area contributed by atoms with E-state index < -0.39 is 12.1 Å². The van der Waals surface area contributed by atoms with Gasteiger partial charge in [-0.05, 0) is 71.0 Å². The lowest BCUT2D eigenvalue weighted by Gasteiger charge is -2.25. The zero-order valence-corrected chi connectivity index (χ0v) is 22.6. The molecule has 1 atom stereocenters. The Morgan fingerprint density at radius 2 is 1.21 bits per heavy atom. The molecule has 0 aliphatic carbocycles. The number of ether oxygens (including phenoxy) is 1. The maximum atomic E-state index is 14.1. The summed E-state index contributed by atoms with van der Waals surface area (Å²) in [7, 11) is 0. The summed E-state index contributed by atoms with van der Waals surface area (Å²) >= 11 is 0. The minimum atomic E-state index is -0.918. The number of benzene rings is 2. The zero-order chi connectivity index (χ0) is 25.4. The second-order valence-corrected chi connectivity index (χ2v) is 10.1. The minimum absolute atomic E-state index is 0.127. The Labute approximate surface area is 207 Å². The number of Topliss-reactive ketones (excluding diaryl/α,β-unsaturated/α-hetero) is 1. The molecule has 186 valence electrons. The Morgan fingerprint density at radius 1 is 0.735 bits per heavy atom. The molecule has 3 heteroatoms. The van der Waals surface area contributed by atoms with Crippen LogP contribution < -0.4 is 0 Å². The Morgan fingerprint density at radius 3 is 1.59 bits per heavy atom. The first-order valence-corrected chi connectivity index (χ1v) is 13.1. The number of esters is 1. The third-order valence-corrected chi connectivity index (χ3v) is 6.37. The van der Waals surface area contributed by atoms with E-state index in [2.05, 4.69) is 66.7 Å². The van der Waals surface area contributed by atoms with E-state index in [1.165, 1.54) is 12.5 Å². The van der Waals surface area contributed by atoms with Crippen molar-refractivity contribution >= 4 is 11.8 Å². The molecular weight excluding hydrogens is 420 g/mol. The van der Waals surface area contributed by atoms with Crippen molar-refractivity contribution in [1.82, 2.24) is 0 Å². The highest BCUT2D eigenvalue weighted by Crippen LogP contribution is 2.34. The van der Waals surface area contributed by atoms with Gasteiger partial charge in [-0.15, -0.1) is 0 Å². The van der Waals surface area contributed by atoms with Crippen LogP contribution in [0.25, 0.3) is 0 Å². The first kappa shape index (κ1) is 27.8. The van der Waals surface area contributed by atoms with Crippen LogP contribution in [0.15, 0.2) is 30.3 Å². The van der Waals surface area contributed by atoms with Crippen molar-refractivity contribution in [2.75, 3.05) is 0 Å². The van der Waals surface area contributed by atoms with E-state index in [0.29, 0.717) is 17.4 Å². The molecule has 0 aromatic heterocycles. The molecule has 0 radical (unpaired) electrons. The molecule has 0 heterocycles. The quantitative estimate of drug-likeness (QED) is 0.234. The minimum Gasteiger partial charge on any atom is -0.449 e. The van der Waals surface area contributed by atoms with E-state index in [9.17, 15) is 9.59 Å². The van der Waals surface area contributed by atoms with Gasteiger partial charge in [0.2, 0.25) is 5.78 Å². The van der Waals surface area contributed by atoms with Crippen molar-refractivity contribution in [2.24, 2.45) is 0 Å². The lowest BCUT2D eigenvalue weighted by atomic mass is 9.84. The summed E-state index contributed by atoms with van der Waals surface area (Å²) < 4.78 is 5.84. The van der Waals surface area contributed by atoms with Crippen LogP contribution >= 0.6 is 0 Å². The SMILES string of the molecule is CCCc1cc(CCC)c(C(OC(C)=O)C(=O)c2cc(C(C)C)cc(C(C)C)c2)c(CCC)c1. The van der Waals surface area contributed by atoms with Gasteiger partial charge >= 0.3 is 5.97 Å². The summed E-state index contributed by atoms with van der Waals surface area (Å²) in [6.45, 7) is 16.5. The van der Waals surface area contributed by atoms with E-state index in [-0.39, 0.29) is 5.78 Å². The molecular formula is C31H44O3. The predicted octanol–water partition coefficient (Wildman–Crippen LogP) is 8.28. The third-order valence-electron chi connectivity index (χ3n) is 6.37. The molecule has 0 aliphatic rings. The Balaban J connectivity index is 2.75. The first-order chi connectivity index (χ1) is 16.1. The van der Waals surface area contributed by atoms with Crippen LogP contribution in [0, 0.1) is 0 Å². The largest absolute Gasteiger partial charge is 0.449 e. The molecule has 34 heavy (non-hydrogen) atoms. The van der Waals surface area contributed by atoms with Gasteiger partial charge in [-0.1, -0.05) is 85.9 Å². The van der Waals surface area contributed by atoms with Gasteiger partial charge in [0.1, 0.15) is 0 Å². The summed E-state index contributed by atoms with van der Waals surface area (Å²) in [5.41, 5.74) is 7.39. The predicted molar refractivity (Wildman–Crippen MR) is 142 cm³/mol. The Kier molecular flexibility index (Phi) is 10.5. The summed E-state index contributed by atoms with van der Waals surface area (Å²) in [6, 6.07) is 10.6. The fraction of sp³-hybridized carbons (Fsp3) is 0.548. The number of hydrogen-bond acceptors (Lipinski definition) is 3. The fourth-order valence-corrected chi connectivity index (χ4v) is 4.62. The molecule has 0 saturated heterocycles. The molecule has 2 aromatic carbocycles. The van der Waals surface area contributed by atoms with Crippen molar-refractivity contribution in [1.29, 1.82) is 0 Å². The van der Waals surface area contributed by atoms with E-state index in [1.807, 2.05) is 12.1 Å². The molecule has 0 aliphatic heterocycles. The van der Waals surface area contributed by atoms with Crippen LogP contribution in [-0.2, 0) is 28.8 Å². The zero-order valence-electron chi connectivity index (χ0n) is 22.6. The highest BCUT2D eigenvalue weighted by molar-refractivity contribution is 6.01. The average molecular weight is 465 g/mol. The first-order valence-electron chi connectivity index (χ1n) is 13.1. The fourth-order valence-electron chi connectivity index (χ4n) is 4.62. The van der Waals surface area contributed by atoms with Gasteiger partial charge < -0.3 is 4.74 Å². The molecule has 2 aromatic rings. The normalized spacial score (nSPS) is 12.3. The van der Waals surface area contributed by atoms with E-state index in [1.54, 1.807) is 0 Å². The van der Waals surface area contributed by atoms with E-state index in [4.69, 9.17) is 4.74 Å². The third kappa shape index (κ3) is 7.04. The van der Waals surface area contributed by atoms with Crippen LogP contribution in [0.2, 0.25) is 0 Å². The molecule has 0 saturated carbocycles. The summed E-state index contributed by atoms with van der Waals surface area (Å²) in [4.78, 5) is 26.3. The second-order valence-electron chi connectivity index (χ2n) is 10.1. The van der Waals surface area contributed by atoms with Gasteiger partial charge in [-0.2, -0.15) is 0 Å². The topological polar surface area (TPSA) is 43.4 Å². The van der Waals surface area contributed by atoms with Gasteiger partial charge in [-0.3, -0.25) is 9.59 Å². The summed E-state index contributed by atoms with van der Waals surface area (Å²) in [6.07, 6.45) is 4.82. The van der Waals surface area contributed by atoms with E-state index >= 15 is 0 Å². The maximum absolute atomic E-state index is 14.1. The van der Waals surface area contributed by atoms with Crippen molar-refractivity contribution in [3.63, 3.8) is 0 Å². The van der Waals surface area contributed by atoms with Crippen molar-refractivity contribution < 1.29 is 14.3 Å². The lowest BCUT2D eigenvalue weighted by Crippen LogP contribution is -2.23. The summed E-state index contributed by atoms with van der Waals surface area (Å²) in [5, 5.41) is 0. The average Bonchev–Trinajstić information content (AvgIpc) is 2.77. The molecule has 3 nitrogen and oxygen atoms in total.